The van der Waals surface area contributed by atoms with Crippen molar-refractivity contribution >= 4 is 5.97 Å². The second kappa shape index (κ2) is 5.81. The van der Waals surface area contributed by atoms with E-state index in [1.165, 1.54) is 0 Å². The lowest BCUT2D eigenvalue weighted by Crippen LogP contribution is -2.23. The van der Waals surface area contributed by atoms with Gasteiger partial charge in [0.15, 0.2) is 0 Å². The molecular weight excluding hydrogens is 276 g/mol. The van der Waals surface area contributed by atoms with E-state index in [-0.39, 0.29) is 6.10 Å². The lowest BCUT2D eigenvalue weighted by molar-refractivity contribution is -0.138. The summed E-state index contributed by atoms with van der Waals surface area (Å²) in [7, 11) is 0. The van der Waals surface area contributed by atoms with Gasteiger partial charge in [-0.1, -0.05) is 6.42 Å². The standard InChI is InChI=1S/C14H14F4O2/c15-9-6-7-12(14(16,17)18)11(8-9)13(19)20-10-4-2-1-3-5-10/h6-8,10H,1-5H2. The predicted octanol–water partition coefficient (Wildman–Crippen LogP) is 4.33. The Morgan fingerprint density at radius 3 is 2.40 bits per heavy atom. The third-order valence-corrected chi connectivity index (χ3v) is 3.33. The zero-order valence-corrected chi connectivity index (χ0v) is 10.7. The topological polar surface area (TPSA) is 26.3 Å². The summed E-state index contributed by atoms with van der Waals surface area (Å²) in [5.41, 5.74) is -1.93. The Morgan fingerprint density at radius 1 is 1.15 bits per heavy atom. The molecule has 1 aromatic carbocycles. The Hall–Kier alpha value is -1.59. The van der Waals surface area contributed by atoms with Gasteiger partial charge in [0, 0.05) is 0 Å². The maximum Gasteiger partial charge on any atom is 0.417 e. The summed E-state index contributed by atoms with van der Waals surface area (Å²) in [5, 5.41) is 0. The van der Waals surface area contributed by atoms with Crippen molar-refractivity contribution in [1.29, 1.82) is 0 Å². The molecule has 0 spiro atoms. The first kappa shape index (κ1) is 14.8. The van der Waals surface area contributed by atoms with Gasteiger partial charge in [-0.2, -0.15) is 13.2 Å². The second-order valence-electron chi connectivity index (χ2n) is 4.85. The van der Waals surface area contributed by atoms with E-state index < -0.39 is 29.1 Å². The normalized spacial score (nSPS) is 17.0. The van der Waals surface area contributed by atoms with Crippen molar-refractivity contribution in [1.82, 2.24) is 0 Å². The fraction of sp³-hybridized carbons (Fsp3) is 0.500. The van der Waals surface area contributed by atoms with Crippen molar-refractivity contribution in [3.05, 3.63) is 35.1 Å². The van der Waals surface area contributed by atoms with E-state index in [0.717, 1.165) is 19.3 Å². The number of hydrogen-bond donors (Lipinski definition) is 0. The number of alkyl halides is 3. The first-order valence-electron chi connectivity index (χ1n) is 6.45. The number of rotatable bonds is 2. The van der Waals surface area contributed by atoms with Crippen LogP contribution in [0.2, 0.25) is 0 Å². The maximum absolute atomic E-state index is 13.1. The van der Waals surface area contributed by atoms with Gasteiger partial charge >= 0.3 is 12.1 Å². The highest BCUT2D eigenvalue weighted by molar-refractivity contribution is 5.91. The molecule has 2 rings (SSSR count). The van der Waals surface area contributed by atoms with E-state index in [0.29, 0.717) is 31.0 Å². The molecular formula is C14H14F4O2. The minimum atomic E-state index is -4.71. The average Bonchev–Trinajstić information content (AvgIpc) is 2.38. The first-order chi connectivity index (χ1) is 9.38. The van der Waals surface area contributed by atoms with E-state index in [4.69, 9.17) is 4.74 Å². The highest BCUT2D eigenvalue weighted by Crippen LogP contribution is 2.33. The summed E-state index contributed by atoms with van der Waals surface area (Å²) in [5.74, 6) is -2.00. The molecule has 0 atom stereocenters. The van der Waals surface area contributed by atoms with Crippen molar-refractivity contribution in [3.63, 3.8) is 0 Å². The molecule has 0 radical (unpaired) electrons. The summed E-state index contributed by atoms with van der Waals surface area (Å²) in [6.45, 7) is 0. The zero-order chi connectivity index (χ0) is 14.8. The Morgan fingerprint density at radius 2 is 1.80 bits per heavy atom. The number of carbonyl (C=O) groups excluding carboxylic acids is 1. The number of benzene rings is 1. The molecule has 0 bridgehead atoms. The Balaban J connectivity index is 2.21. The van der Waals surface area contributed by atoms with Gasteiger partial charge in [0.25, 0.3) is 0 Å². The molecule has 0 N–H and O–H groups in total. The van der Waals surface area contributed by atoms with Crippen LogP contribution in [0, 0.1) is 5.82 Å². The van der Waals surface area contributed by atoms with Crippen molar-refractivity contribution in [3.8, 4) is 0 Å². The molecule has 6 heteroatoms. The molecule has 0 aliphatic heterocycles. The lowest BCUT2D eigenvalue weighted by atomic mass is 9.97. The van der Waals surface area contributed by atoms with Crippen LogP contribution in [0.4, 0.5) is 17.6 Å². The third-order valence-electron chi connectivity index (χ3n) is 3.33. The molecule has 1 fully saturated rings. The Kier molecular flexibility index (Phi) is 4.30. The molecule has 1 aliphatic carbocycles. The number of esters is 1. The van der Waals surface area contributed by atoms with Crippen LogP contribution in [0.15, 0.2) is 18.2 Å². The fourth-order valence-electron chi connectivity index (χ4n) is 2.33. The summed E-state index contributed by atoms with van der Waals surface area (Å²) in [6, 6.07) is 1.82. The smallest absolute Gasteiger partial charge is 0.417 e. The van der Waals surface area contributed by atoms with E-state index in [1.807, 2.05) is 0 Å². The van der Waals surface area contributed by atoms with Gasteiger partial charge < -0.3 is 4.74 Å². The minimum Gasteiger partial charge on any atom is -0.459 e. The van der Waals surface area contributed by atoms with Crippen LogP contribution in [0.3, 0.4) is 0 Å². The van der Waals surface area contributed by atoms with E-state index in [9.17, 15) is 22.4 Å². The zero-order valence-electron chi connectivity index (χ0n) is 10.7. The molecule has 2 nitrogen and oxygen atoms in total. The molecule has 0 aromatic heterocycles. The quantitative estimate of drug-likeness (QED) is 0.598. The van der Waals surface area contributed by atoms with Gasteiger partial charge in [0.05, 0.1) is 11.1 Å². The molecule has 0 saturated heterocycles. The van der Waals surface area contributed by atoms with E-state index in [1.54, 1.807) is 0 Å². The largest absolute Gasteiger partial charge is 0.459 e. The predicted molar refractivity (Wildman–Crippen MR) is 63.7 cm³/mol. The van der Waals surface area contributed by atoms with Crippen LogP contribution in [0.25, 0.3) is 0 Å². The van der Waals surface area contributed by atoms with Gasteiger partial charge in [0.1, 0.15) is 11.9 Å². The number of carbonyl (C=O) groups is 1. The molecule has 1 aromatic rings. The highest BCUT2D eigenvalue weighted by atomic mass is 19.4. The van der Waals surface area contributed by atoms with Crippen LogP contribution in [-0.2, 0) is 10.9 Å². The van der Waals surface area contributed by atoms with Crippen LogP contribution in [0.1, 0.15) is 48.0 Å². The molecule has 20 heavy (non-hydrogen) atoms. The summed E-state index contributed by atoms with van der Waals surface area (Å²) < 4.78 is 56.5. The van der Waals surface area contributed by atoms with Gasteiger partial charge in [-0.05, 0) is 43.9 Å². The second-order valence-corrected chi connectivity index (χ2v) is 4.85. The molecule has 0 heterocycles. The third kappa shape index (κ3) is 3.49. The molecule has 1 saturated carbocycles. The number of hydrogen-bond acceptors (Lipinski definition) is 2. The fourth-order valence-corrected chi connectivity index (χ4v) is 2.33. The van der Waals surface area contributed by atoms with Crippen molar-refractivity contribution < 1.29 is 27.1 Å². The minimum absolute atomic E-state index is 0.374. The molecule has 0 unspecified atom stereocenters. The number of halogens is 4. The summed E-state index contributed by atoms with van der Waals surface area (Å²) in [4.78, 5) is 11.8. The Labute approximate surface area is 113 Å². The average molecular weight is 290 g/mol. The molecule has 1 aliphatic rings. The Bertz CT molecular complexity index is 490. The van der Waals surface area contributed by atoms with Crippen LogP contribution < -0.4 is 0 Å². The number of ether oxygens (including phenoxy) is 1. The van der Waals surface area contributed by atoms with E-state index in [2.05, 4.69) is 0 Å². The lowest BCUT2D eigenvalue weighted by Gasteiger charge is -2.22. The van der Waals surface area contributed by atoms with Crippen LogP contribution in [-0.4, -0.2) is 12.1 Å². The van der Waals surface area contributed by atoms with E-state index >= 15 is 0 Å². The summed E-state index contributed by atoms with van der Waals surface area (Å²) in [6.07, 6.45) is -1.01. The van der Waals surface area contributed by atoms with Gasteiger partial charge in [-0.25, -0.2) is 9.18 Å². The van der Waals surface area contributed by atoms with Gasteiger partial charge in [0.2, 0.25) is 0 Å². The maximum atomic E-state index is 13.1. The molecule has 110 valence electrons. The monoisotopic (exact) mass is 290 g/mol. The van der Waals surface area contributed by atoms with Crippen molar-refractivity contribution in [2.75, 3.05) is 0 Å². The molecule has 0 amide bonds. The SMILES string of the molecule is O=C(OC1CCCCC1)c1cc(F)ccc1C(F)(F)F. The first-order valence-corrected chi connectivity index (χ1v) is 6.45. The van der Waals surface area contributed by atoms with Gasteiger partial charge in [-0.15, -0.1) is 0 Å². The van der Waals surface area contributed by atoms with Crippen LogP contribution in [0.5, 0.6) is 0 Å². The highest BCUT2D eigenvalue weighted by Gasteiger charge is 2.36. The van der Waals surface area contributed by atoms with Crippen molar-refractivity contribution in [2.45, 2.75) is 44.4 Å². The van der Waals surface area contributed by atoms with Crippen molar-refractivity contribution in [2.24, 2.45) is 0 Å². The van der Waals surface area contributed by atoms with Crippen LogP contribution >= 0.6 is 0 Å². The summed E-state index contributed by atoms with van der Waals surface area (Å²) >= 11 is 0. The van der Waals surface area contributed by atoms with Gasteiger partial charge in [-0.3, -0.25) is 0 Å².